The smallest absolute Gasteiger partial charge is 0.328 e. The predicted octanol–water partition coefficient (Wildman–Crippen LogP) is -1.71. The highest BCUT2D eigenvalue weighted by Crippen LogP contribution is 2.47. The summed E-state index contributed by atoms with van der Waals surface area (Å²) in [7, 11) is -3.97. The Balaban J connectivity index is 2.49. The van der Waals surface area contributed by atoms with Crippen molar-refractivity contribution in [3.63, 3.8) is 0 Å². The van der Waals surface area contributed by atoms with E-state index in [1.165, 1.54) is 0 Å². The van der Waals surface area contributed by atoms with Crippen LogP contribution in [0.4, 0.5) is 0 Å². The van der Waals surface area contributed by atoms with Gasteiger partial charge in [-0.25, -0.2) is 0 Å². The molecule has 6 unspecified atom stereocenters. The van der Waals surface area contributed by atoms with Crippen LogP contribution in [0.15, 0.2) is 12.2 Å². The maximum Gasteiger partial charge on any atom is 0.328 e. The minimum atomic E-state index is -3.97. The average Bonchev–Trinajstić information content (AvgIpc) is 2.65. The fourth-order valence-corrected chi connectivity index (χ4v) is 3.63. The summed E-state index contributed by atoms with van der Waals surface area (Å²) in [6.45, 7) is 1.95. The molecule has 6 N–H and O–H groups in total. The van der Waals surface area contributed by atoms with E-state index in [2.05, 4.69) is 0 Å². The highest BCUT2D eigenvalue weighted by atomic mass is 31.2. The SMILES string of the molecule is CC/C=C\CC(=O)OCC(O)COP(C)(=O)OC1C(O)C(O)C(O)C(O)C1O. The fraction of sp³-hybridized carbons (Fsp3) is 0.812. The topological polar surface area (TPSA) is 183 Å². The summed E-state index contributed by atoms with van der Waals surface area (Å²) >= 11 is 0. The van der Waals surface area contributed by atoms with Gasteiger partial charge in [-0.05, 0) is 6.42 Å². The van der Waals surface area contributed by atoms with Crippen molar-refractivity contribution in [2.45, 2.75) is 62.5 Å². The van der Waals surface area contributed by atoms with Gasteiger partial charge in [-0.2, -0.15) is 0 Å². The summed E-state index contributed by atoms with van der Waals surface area (Å²) < 4.78 is 27.1. The summed E-state index contributed by atoms with van der Waals surface area (Å²) in [5, 5.41) is 58.3. The summed E-state index contributed by atoms with van der Waals surface area (Å²) in [6, 6.07) is 0. The molecule has 6 atom stereocenters. The third-order valence-corrected chi connectivity index (χ3v) is 5.26. The Morgan fingerprint density at radius 1 is 1.00 bits per heavy atom. The van der Waals surface area contributed by atoms with Crippen LogP contribution in [0.3, 0.4) is 0 Å². The van der Waals surface area contributed by atoms with Crippen LogP contribution in [0.2, 0.25) is 0 Å². The van der Waals surface area contributed by atoms with Crippen LogP contribution in [0, 0.1) is 0 Å². The fourth-order valence-electron chi connectivity index (χ4n) is 2.44. The predicted molar refractivity (Wildman–Crippen MR) is 95.4 cm³/mol. The van der Waals surface area contributed by atoms with Crippen LogP contribution >= 0.6 is 7.60 Å². The molecule has 1 saturated carbocycles. The van der Waals surface area contributed by atoms with Gasteiger partial charge in [0.15, 0.2) is 0 Å². The monoisotopic (exact) mass is 428 g/mol. The lowest BCUT2D eigenvalue weighted by Gasteiger charge is -2.42. The van der Waals surface area contributed by atoms with E-state index in [9.17, 15) is 40.0 Å². The molecule has 0 aromatic rings. The molecule has 28 heavy (non-hydrogen) atoms. The largest absolute Gasteiger partial charge is 0.463 e. The van der Waals surface area contributed by atoms with Crippen molar-refractivity contribution in [3.8, 4) is 0 Å². The molecule has 0 spiro atoms. The number of aliphatic hydroxyl groups excluding tert-OH is 6. The van der Waals surface area contributed by atoms with Crippen LogP contribution in [-0.4, -0.2) is 99.2 Å². The lowest BCUT2D eigenvalue weighted by Crippen LogP contribution is -2.64. The van der Waals surface area contributed by atoms with E-state index >= 15 is 0 Å². The zero-order chi connectivity index (χ0) is 21.5. The van der Waals surface area contributed by atoms with Crippen molar-refractivity contribution in [2.75, 3.05) is 19.9 Å². The van der Waals surface area contributed by atoms with Crippen molar-refractivity contribution in [1.82, 2.24) is 0 Å². The van der Waals surface area contributed by atoms with Crippen molar-refractivity contribution >= 4 is 13.6 Å². The number of esters is 1. The normalized spacial score (nSPS) is 34.1. The first kappa shape index (κ1) is 25.2. The average molecular weight is 428 g/mol. The van der Waals surface area contributed by atoms with Gasteiger partial charge >= 0.3 is 13.6 Å². The Bertz CT molecular complexity index is 553. The van der Waals surface area contributed by atoms with E-state index in [0.29, 0.717) is 0 Å². The second kappa shape index (κ2) is 11.3. The molecule has 12 heteroatoms. The Hall–Kier alpha value is -0.880. The molecule has 0 aromatic heterocycles. The van der Waals surface area contributed by atoms with Crippen molar-refractivity contribution in [2.24, 2.45) is 0 Å². The highest BCUT2D eigenvalue weighted by molar-refractivity contribution is 7.53. The van der Waals surface area contributed by atoms with E-state index in [1.54, 1.807) is 12.2 Å². The quantitative estimate of drug-likeness (QED) is 0.132. The zero-order valence-corrected chi connectivity index (χ0v) is 16.6. The van der Waals surface area contributed by atoms with E-state index in [0.717, 1.165) is 13.1 Å². The molecule has 1 aliphatic rings. The van der Waals surface area contributed by atoms with Crippen LogP contribution in [0.1, 0.15) is 19.8 Å². The second-order valence-electron chi connectivity index (χ2n) is 6.51. The lowest BCUT2D eigenvalue weighted by atomic mass is 9.85. The van der Waals surface area contributed by atoms with Gasteiger partial charge in [0.25, 0.3) is 0 Å². The Morgan fingerprint density at radius 3 is 2.07 bits per heavy atom. The van der Waals surface area contributed by atoms with Crippen LogP contribution in [0.25, 0.3) is 0 Å². The molecule has 0 radical (unpaired) electrons. The second-order valence-corrected chi connectivity index (χ2v) is 8.52. The molecular formula is C16H29O11P. The van der Waals surface area contributed by atoms with E-state index in [-0.39, 0.29) is 6.42 Å². The molecule has 11 nitrogen and oxygen atoms in total. The molecule has 164 valence electrons. The van der Waals surface area contributed by atoms with Gasteiger partial charge in [0.1, 0.15) is 49.3 Å². The van der Waals surface area contributed by atoms with E-state index in [4.69, 9.17) is 13.8 Å². The number of allylic oxidation sites excluding steroid dienone is 1. The van der Waals surface area contributed by atoms with Crippen LogP contribution in [0.5, 0.6) is 0 Å². The molecule has 0 amide bonds. The van der Waals surface area contributed by atoms with E-state index < -0.39 is 69.5 Å². The molecule has 1 aliphatic carbocycles. The van der Waals surface area contributed by atoms with Gasteiger partial charge in [-0.15, -0.1) is 0 Å². The van der Waals surface area contributed by atoms with Crippen LogP contribution < -0.4 is 0 Å². The van der Waals surface area contributed by atoms with Gasteiger partial charge in [0, 0.05) is 6.66 Å². The number of hydrogen-bond acceptors (Lipinski definition) is 11. The lowest BCUT2D eigenvalue weighted by molar-refractivity contribution is -0.218. The number of ether oxygens (including phenoxy) is 1. The molecule has 1 rings (SSSR count). The Kier molecular flexibility index (Phi) is 10.2. The summed E-state index contributed by atoms with van der Waals surface area (Å²) in [6.07, 6.45) is -7.96. The van der Waals surface area contributed by atoms with Crippen LogP contribution in [-0.2, 0) is 23.1 Å². The number of hydrogen-bond donors (Lipinski definition) is 6. The zero-order valence-electron chi connectivity index (χ0n) is 15.7. The summed E-state index contributed by atoms with van der Waals surface area (Å²) in [4.78, 5) is 11.4. The van der Waals surface area contributed by atoms with Crippen molar-refractivity contribution in [1.29, 1.82) is 0 Å². The maximum atomic E-state index is 12.4. The Labute approximate surface area is 162 Å². The van der Waals surface area contributed by atoms with Gasteiger partial charge in [-0.1, -0.05) is 19.1 Å². The number of carbonyl (C=O) groups excluding carboxylic acids is 1. The standard InChI is InChI=1S/C16H29O11P/c1-3-4-5-6-10(18)25-7-9(17)8-26-28(2,24)27-16-14(22)12(20)11(19)13(21)15(16)23/h4-5,9,11-17,19-23H,3,6-8H2,1-2H3/b5-4-. The molecule has 1 fully saturated rings. The van der Waals surface area contributed by atoms with Gasteiger partial charge < -0.3 is 39.9 Å². The van der Waals surface area contributed by atoms with Gasteiger partial charge in [0.05, 0.1) is 13.0 Å². The molecule has 0 bridgehead atoms. The molecular weight excluding hydrogens is 399 g/mol. The Morgan fingerprint density at radius 2 is 1.54 bits per heavy atom. The number of rotatable bonds is 10. The third kappa shape index (κ3) is 7.51. The molecule has 0 aliphatic heterocycles. The third-order valence-electron chi connectivity index (χ3n) is 4.01. The number of carbonyl (C=O) groups is 1. The summed E-state index contributed by atoms with van der Waals surface area (Å²) in [5.41, 5.74) is 0. The first-order chi connectivity index (χ1) is 13.0. The molecule has 0 aromatic carbocycles. The highest BCUT2D eigenvalue weighted by Gasteiger charge is 2.50. The first-order valence-electron chi connectivity index (χ1n) is 8.79. The minimum Gasteiger partial charge on any atom is -0.463 e. The minimum absolute atomic E-state index is 0.0464. The van der Waals surface area contributed by atoms with Gasteiger partial charge in [0.2, 0.25) is 0 Å². The maximum absolute atomic E-state index is 12.4. The molecule has 0 saturated heterocycles. The van der Waals surface area contributed by atoms with Crippen molar-refractivity contribution < 1.29 is 53.8 Å². The molecule has 0 heterocycles. The van der Waals surface area contributed by atoms with Crippen molar-refractivity contribution in [3.05, 3.63) is 12.2 Å². The number of aliphatic hydroxyl groups is 6. The van der Waals surface area contributed by atoms with E-state index in [1.807, 2.05) is 6.92 Å². The van der Waals surface area contributed by atoms with Gasteiger partial charge in [-0.3, -0.25) is 13.9 Å². The summed E-state index contributed by atoms with van der Waals surface area (Å²) in [5.74, 6) is -0.560. The first-order valence-corrected chi connectivity index (χ1v) is 10.8.